The summed E-state index contributed by atoms with van der Waals surface area (Å²) < 4.78 is 5.34. The lowest BCUT2D eigenvalue weighted by Crippen LogP contribution is -2.14. The molecule has 5 heteroatoms. The summed E-state index contributed by atoms with van der Waals surface area (Å²) >= 11 is 0. The number of amidine groups is 1. The summed E-state index contributed by atoms with van der Waals surface area (Å²) in [7, 11) is 0. The van der Waals surface area contributed by atoms with Crippen molar-refractivity contribution in [3.8, 4) is 0 Å². The minimum atomic E-state index is 0.203. The maximum Gasteiger partial charge on any atom is 0.141 e. The summed E-state index contributed by atoms with van der Waals surface area (Å²) in [6, 6.07) is 3.99. The number of hydrogen-bond donors (Lipinski definition) is 2. The van der Waals surface area contributed by atoms with E-state index in [0.29, 0.717) is 19.6 Å². The Morgan fingerprint density at radius 1 is 1.38 bits per heavy atom. The number of rotatable bonds is 7. The zero-order valence-electron chi connectivity index (χ0n) is 9.17. The third-order valence-corrected chi connectivity index (χ3v) is 2.13. The summed E-state index contributed by atoms with van der Waals surface area (Å²) in [6.45, 7) is 1.17. The van der Waals surface area contributed by atoms with Crippen molar-refractivity contribution >= 4 is 5.84 Å². The van der Waals surface area contributed by atoms with Gasteiger partial charge in [0, 0.05) is 25.4 Å². The van der Waals surface area contributed by atoms with Crippen molar-refractivity contribution in [2.24, 2.45) is 10.9 Å². The van der Waals surface area contributed by atoms with Crippen LogP contribution in [-0.2, 0) is 11.2 Å². The summed E-state index contributed by atoms with van der Waals surface area (Å²) in [5, 5.41) is 11.1. The van der Waals surface area contributed by atoms with E-state index in [1.54, 1.807) is 12.4 Å². The fourth-order valence-electron chi connectivity index (χ4n) is 1.26. The Morgan fingerprint density at radius 3 is 2.81 bits per heavy atom. The van der Waals surface area contributed by atoms with Gasteiger partial charge in [-0.3, -0.25) is 4.98 Å². The lowest BCUT2D eigenvalue weighted by molar-refractivity contribution is 0.138. The van der Waals surface area contributed by atoms with Gasteiger partial charge in [0.1, 0.15) is 5.84 Å². The van der Waals surface area contributed by atoms with Crippen LogP contribution in [0.3, 0.4) is 0 Å². The molecular formula is C11H17N3O2. The number of aryl methyl sites for hydroxylation is 1. The molecule has 3 N–H and O–H groups in total. The summed E-state index contributed by atoms with van der Waals surface area (Å²) in [4.78, 5) is 3.95. The van der Waals surface area contributed by atoms with Gasteiger partial charge in [-0.15, -0.1) is 0 Å². The molecule has 0 saturated carbocycles. The molecule has 0 aliphatic rings. The third kappa shape index (κ3) is 5.31. The van der Waals surface area contributed by atoms with E-state index in [9.17, 15) is 0 Å². The van der Waals surface area contributed by atoms with Crippen molar-refractivity contribution in [2.75, 3.05) is 13.2 Å². The molecule has 0 aliphatic carbocycles. The molecule has 5 nitrogen and oxygen atoms in total. The van der Waals surface area contributed by atoms with Crippen LogP contribution in [0.2, 0.25) is 0 Å². The van der Waals surface area contributed by atoms with Crippen LogP contribution in [-0.4, -0.2) is 29.2 Å². The first kappa shape index (κ1) is 12.4. The molecule has 1 rings (SSSR count). The molecule has 88 valence electrons. The van der Waals surface area contributed by atoms with Crippen LogP contribution in [0.1, 0.15) is 18.4 Å². The van der Waals surface area contributed by atoms with Crippen molar-refractivity contribution in [3.63, 3.8) is 0 Å². The SMILES string of the molecule is N/C(CCOCCCc1ccncc1)=N\O. The Hall–Kier alpha value is -1.62. The molecule has 0 amide bonds. The van der Waals surface area contributed by atoms with E-state index < -0.39 is 0 Å². The lowest BCUT2D eigenvalue weighted by Gasteiger charge is -2.03. The maximum atomic E-state index is 8.29. The average Bonchev–Trinajstić information content (AvgIpc) is 2.34. The van der Waals surface area contributed by atoms with E-state index in [-0.39, 0.29) is 5.84 Å². The highest BCUT2D eigenvalue weighted by Crippen LogP contribution is 2.00. The molecule has 0 unspecified atom stereocenters. The first-order valence-corrected chi connectivity index (χ1v) is 5.26. The van der Waals surface area contributed by atoms with Gasteiger partial charge in [-0.05, 0) is 30.5 Å². The normalized spacial score (nSPS) is 11.6. The monoisotopic (exact) mass is 223 g/mol. The van der Waals surface area contributed by atoms with Crippen LogP contribution in [0.5, 0.6) is 0 Å². The quantitative estimate of drug-likeness (QED) is 0.239. The number of ether oxygens (including phenoxy) is 1. The molecule has 0 spiro atoms. The van der Waals surface area contributed by atoms with Gasteiger partial charge in [-0.25, -0.2) is 0 Å². The molecule has 0 atom stereocenters. The zero-order valence-corrected chi connectivity index (χ0v) is 9.17. The number of nitrogens with zero attached hydrogens (tertiary/aromatic N) is 2. The predicted molar refractivity (Wildman–Crippen MR) is 61.4 cm³/mol. The van der Waals surface area contributed by atoms with E-state index >= 15 is 0 Å². The highest BCUT2D eigenvalue weighted by atomic mass is 16.5. The summed E-state index contributed by atoms with van der Waals surface area (Å²) in [5.74, 6) is 0.203. The van der Waals surface area contributed by atoms with Gasteiger partial charge in [0.25, 0.3) is 0 Å². The summed E-state index contributed by atoms with van der Waals surface area (Å²) in [5.41, 5.74) is 6.55. The Morgan fingerprint density at radius 2 is 2.12 bits per heavy atom. The largest absolute Gasteiger partial charge is 0.409 e. The Kier molecular flexibility index (Phi) is 5.95. The smallest absolute Gasteiger partial charge is 0.141 e. The molecule has 16 heavy (non-hydrogen) atoms. The van der Waals surface area contributed by atoms with E-state index in [1.807, 2.05) is 12.1 Å². The summed E-state index contributed by atoms with van der Waals surface area (Å²) in [6.07, 6.45) is 5.97. The second-order valence-electron chi connectivity index (χ2n) is 3.41. The van der Waals surface area contributed by atoms with Gasteiger partial charge in [-0.2, -0.15) is 0 Å². The average molecular weight is 223 g/mol. The van der Waals surface area contributed by atoms with Crippen LogP contribution < -0.4 is 5.73 Å². The second-order valence-corrected chi connectivity index (χ2v) is 3.41. The zero-order chi connectivity index (χ0) is 11.6. The molecule has 0 radical (unpaired) electrons. The molecule has 1 aromatic rings. The number of aromatic nitrogens is 1. The molecule has 1 aromatic heterocycles. The number of hydrogen-bond acceptors (Lipinski definition) is 4. The standard InChI is InChI=1S/C11H17N3O2/c12-11(14-15)5-9-16-8-1-2-10-3-6-13-7-4-10/h3-4,6-7,15H,1-2,5,8-9H2,(H2,12,14). The van der Waals surface area contributed by atoms with Gasteiger partial charge >= 0.3 is 0 Å². The molecule has 0 aromatic carbocycles. The number of oxime groups is 1. The van der Waals surface area contributed by atoms with Gasteiger partial charge in [0.15, 0.2) is 0 Å². The Labute approximate surface area is 94.9 Å². The minimum absolute atomic E-state index is 0.203. The van der Waals surface area contributed by atoms with Crippen LogP contribution in [0.4, 0.5) is 0 Å². The molecule has 0 saturated heterocycles. The van der Waals surface area contributed by atoms with Crippen molar-refractivity contribution in [1.29, 1.82) is 0 Å². The Balaban J connectivity index is 2.01. The van der Waals surface area contributed by atoms with E-state index in [0.717, 1.165) is 12.8 Å². The van der Waals surface area contributed by atoms with Gasteiger partial charge < -0.3 is 15.7 Å². The molecule has 1 heterocycles. The third-order valence-electron chi connectivity index (χ3n) is 2.13. The maximum absolute atomic E-state index is 8.29. The van der Waals surface area contributed by atoms with Gasteiger partial charge in [0.2, 0.25) is 0 Å². The van der Waals surface area contributed by atoms with Crippen LogP contribution in [0, 0.1) is 0 Å². The number of pyridine rings is 1. The van der Waals surface area contributed by atoms with Crippen molar-refractivity contribution in [1.82, 2.24) is 4.98 Å². The van der Waals surface area contributed by atoms with Gasteiger partial charge in [-0.1, -0.05) is 5.16 Å². The highest BCUT2D eigenvalue weighted by Gasteiger charge is 1.95. The van der Waals surface area contributed by atoms with Crippen molar-refractivity contribution in [3.05, 3.63) is 30.1 Å². The minimum Gasteiger partial charge on any atom is -0.409 e. The first-order chi connectivity index (χ1) is 7.83. The van der Waals surface area contributed by atoms with Crippen LogP contribution in [0.15, 0.2) is 29.7 Å². The molecule has 0 fully saturated rings. The fraction of sp³-hybridized carbons (Fsp3) is 0.455. The molecule has 0 bridgehead atoms. The van der Waals surface area contributed by atoms with E-state index in [2.05, 4.69) is 10.1 Å². The van der Waals surface area contributed by atoms with Crippen LogP contribution >= 0.6 is 0 Å². The van der Waals surface area contributed by atoms with Crippen molar-refractivity contribution < 1.29 is 9.94 Å². The fourth-order valence-corrected chi connectivity index (χ4v) is 1.26. The Bertz CT molecular complexity index is 314. The second kappa shape index (κ2) is 7.64. The lowest BCUT2D eigenvalue weighted by atomic mass is 10.1. The van der Waals surface area contributed by atoms with Crippen LogP contribution in [0.25, 0.3) is 0 Å². The first-order valence-electron chi connectivity index (χ1n) is 5.26. The molecule has 0 aliphatic heterocycles. The predicted octanol–water partition coefficient (Wildman–Crippen LogP) is 1.17. The van der Waals surface area contributed by atoms with E-state index in [1.165, 1.54) is 5.56 Å². The van der Waals surface area contributed by atoms with E-state index in [4.69, 9.17) is 15.7 Å². The number of nitrogens with two attached hydrogens (primary N) is 1. The van der Waals surface area contributed by atoms with Crippen molar-refractivity contribution in [2.45, 2.75) is 19.3 Å². The topological polar surface area (TPSA) is 80.7 Å². The highest BCUT2D eigenvalue weighted by molar-refractivity contribution is 5.79. The van der Waals surface area contributed by atoms with Gasteiger partial charge in [0.05, 0.1) is 6.61 Å². The molecular weight excluding hydrogens is 206 g/mol.